The predicted octanol–water partition coefficient (Wildman–Crippen LogP) is 6.70. The minimum absolute atomic E-state index is 0. The van der Waals surface area contributed by atoms with Gasteiger partial charge in [-0.25, -0.2) is 0 Å². The monoisotopic (exact) mass is 788 g/mol. The van der Waals surface area contributed by atoms with E-state index in [4.69, 9.17) is 0 Å². The van der Waals surface area contributed by atoms with Crippen molar-refractivity contribution < 1.29 is 67.3 Å². The Hall–Kier alpha value is -2.35. The normalized spacial score (nSPS) is 18.5. The summed E-state index contributed by atoms with van der Waals surface area (Å²) in [6.45, 7) is 7.17. The Labute approximate surface area is 253 Å². The van der Waals surface area contributed by atoms with Gasteiger partial charge in [-0.15, -0.1) is 19.2 Å². The maximum atomic E-state index is 13.3. The van der Waals surface area contributed by atoms with E-state index in [1.165, 1.54) is 23.1 Å². The molecular weight excluding hydrogens is 760 g/mol. The molecule has 4 rings (SSSR count). The van der Waals surface area contributed by atoms with Crippen molar-refractivity contribution in [1.29, 1.82) is 0 Å². The predicted molar refractivity (Wildman–Crippen MR) is 138 cm³/mol. The van der Waals surface area contributed by atoms with Crippen molar-refractivity contribution in [3.63, 3.8) is 0 Å². The summed E-state index contributed by atoms with van der Waals surface area (Å²) < 4.78 is 82.8. The molecule has 11 heteroatoms. The van der Waals surface area contributed by atoms with Crippen LogP contribution in [0.2, 0.25) is 0 Å². The molecule has 0 fully saturated rings. The Morgan fingerprint density at radius 1 is 0.975 bits per heavy atom. The number of hydrogen-bond acceptors (Lipinski definition) is 4. The molecule has 0 amide bonds. The molecule has 1 heterocycles. The number of fused-ring (bicyclic) bond motifs is 1. The maximum Gasteiger partial charge on any atom is 2.00 e. The molecule has 0 saturated heterocycles. The summed E-state index contributed by atoms with van der Waals surface area (Å²) in [4.78, 5) is 1.48. The van der Waals surface area contributed by atoms with E-state index in [-0.39, 0.29) is 50.1 Å². The van der Waals surface area contributed by atoms with E-state index in [0.717, 1.165) is 11.3 Å². The van der Waals surface area contributed by atoms with Gasteiger partial charge in [0.2, 0.25) is 0 Å². The van der Waals surface area contributed by atoms with Gasteiger partial charge in [0.25, 0.3) is 0 Å². The zero-order valence-electron chi connectivity index (χ0n) is 21.4. The molecule has 0 radical (unpaired) electrons. The molecule has 0 bridgehead atoms. The standard InChI is InChI=1S/C29H28F6N2O2.U/c1-3-19(2)36-22-10-7-9-21(15-22)27(16-20-8-6-11-23(14-20)39-29(33,34)35)18-37(17-26(38)28(30,31)32)25-13-5-4-12-24(25)27;/h4-15,19,26,36,38H,1-3,16-18H2;/q-2;+2/t19?,26-,27?;/m1./s1. The van der Waals surface area contributed by atoms with Crippen LogP contribution in [0, 0.1) is 45.0 Å². The number of anilines is 2. The molecule has 1 aliphatic rings. The molecule has 0 aromatic heterocycles. The van der Waals surface area contributed by atoms with Crippen LogP contribution in [0.15, 0.2) is 72.8 Å². The van der Waals surface area contributed by atoms with E-state index in [9.17, 15) is 31.4 Å². The molecular formula is C29H28F6N2O2U. The van der Waals surface area contributed by atoms with E-state index < -0.39 is 36.4 Å². The topological polar surface area (TPSA) is 44.7 Å². The Kier molecular flexibility index (Phi) is 10.2. The fourth-order valence-corrected chi connectivity index (χ4v) is 5.04. The molecule has 212 valence electrons. The zero-order chi connectivity index (χ0) is 28.4. The number of nitrogens with zero attached hydrogens (tertiary/aromatic N) is 1. The first kappa shape index (κ1) is 32.2. The number of β-amino-alcohol motifs (C(OH)–C–C–N with tert-alkyl or cyclic N) is 1. The Morgan fingerprint density at radius 2 is 1.68 bits per heavy atom. The van der Waals surface area contributed by atoms with Crippen molar-refractivity contribution in [1.82, 2.24) is 0 Å². The van der Waals surface area contributed by atoms with E-state index in [2.05, 4.69) is 23.9 Å². The summed E-state index contributed by atoms with van der Waals surface area (Å²) in [5, 5.41) is 13.1. The van der Waals surface area contributed by atoms with Crippen LogP contribution in [0.3, 0.4) is 0 Å². The van der Waals surface area contributed by atoms with Crippen LogP contribution >= 0.6 is 0 Å². The smallest absolute Gasteiger partial charge is 0.415 e. The minimum Gasteiger partial charge on any atom is -0.415 e. The summed E-state index contributed by atoms with van der Waals surface area (Å²) in [7, 11) is 0. The van der Waals surface area contributed by atoms with Crippen LogP contribution in [0.25, 0.3) is 0 Å². The number of alkyl halides is 6. The number of para-hydroxylation sites is 1. The molecule has 3 aromatic rings. The number of nitrogens with one attached hydrogen (secondary N) is 1. The van der Waals surface area contributed by atoms with Gasteiger partial charge < -0.3 is 33.9 Å². The van der Waals surface area contributed by atoms with Gasteiger partial charge in [0, 0.05) is 23.3 Å². The van der Waals surface area contributed by atoms with Gasteiger partial charge in [-0.3, -0.25) is 0 Å². The van der Waals surface area contributed by atoms with E-state index in [1.807, 2.05) is 18.2 Å². The van der Waals surface area contributed by atoms with Gasteiger partial charge in [-0.05, 0) is 53.4 Å². The second-order valence-corrected chi connectivity index (χ2v) is 9.62. The third-order valence-corrected chi connectivity index (χ3v) is 6.76. The van der Waals surface area contributed by atoms with Crippen molar-refractivity contribution in [2.45, 2.75) is 42.9 Å². The van der Waals surface area contributed by atoms with Crippen LogP contribution in [0.1, 0.15) is 23.1 Å². The number of hydrogen-bond donors (Lipinski definition) is 2. The van der Waals surface area contributed by atoms with E-state index >= 15 is 0 Å². The average Bonchev–Trinajstić information content (AvgIpc) is 3.17. The zero-order valence-corrected chi connectivity index (χ0v) is 25.6. The molecule has 2 unspecified atom stereocenters. The SMILES string of the molecule is [CH2-]CC([CH2-])Nc1cccc(C2(Cc3cccc(OC(F)(F)F)c3)CN(C[C@@H](O)C(F)(F)F)c3ccccc32)c1.[U+2]. The van der Waals surface area contributed by atoms with Crippen LogP contribution < -0.4 is 15.0 Å². The van der Waals surface area contributed by atoms with Crippen molar-refractivity contribution in [3.8, 4) is 5.75 Å². The molecule has 4 nitrogen and oxygen atoms in total. The molecule has 3 aromatic carbocycles. The first-order valence-corrected chi connectivity index (χ1v) is 12.2. The van der Waals surface area contributed by atoms with Crippen molar-refractivity contribution in [3.05, 3.63) is 103 Å². The fraction of sp³-hybridized carbons (Fsp3) is 0.310. The summed E-state index contributed by atoms with van der Waals surface area (Å²) in [5.74, 6) is -0.392. The Morgan fingerprint density at radius 3 is 2.35 bits per heavy atom. The van der Waals surface area contributed by atoms with Gasteiger partial charge in [0.1, 0.15) is 5.75 Å². The number of aliphatic hydroxyl groups is 1. The number of benzene rings is 3. The van der Waals surface area contributed by atoms with Gasteiger partial charge in [0.05, 0.1) is 6.54 Å². The van der Waals surface area contributed by atoms with Crippen LogP contribution in [-0.4, -0.2) is 42.9 Å². The third-order valence-electron chi connectivity index (χ3n) is 6.76. The number of rotatable bonds is 9. The average molecular weight is 789 g/mol. The number of halogens is 6. The summed E-state index contributed by atoms with van der Waals surface area (Å²) in [6, 6.07) is 19.6. The van der Waals surface area contributed by atoms with Crippen molar-refractivity contribution in [2.75, 3.05) is 23.3 Å². The maximum absolute atomic E-state index is 13.3. The Balaban J connectivity index is 0.00000441. The molecule has 2 N–H and O–H groups in total. The molecule has 40 heavy (non-hydrogen) atoms. The van der Waals surface area contributed by atoms with Crippen LogP contribution in [0.5, 0.6) is 5.75 Å². The third kappa shape index (κ3) is 7.48. The molecule has 0 saturated carbocycles. The minimum atomic E-state index is -4.88. The first-order chi connectivity index (χ1) is 18.3. The molecule has 0 spiro atoms. The van der Waals surface area contributed by atoms with Crippen molar-refractivity contribution >= 4 is 11.4 Å². The number of ether oxygens (including phenoxy) is 1. The first-order valence-electron chi connectivity index (χ1n) is 12.2. The van der Waals surface area contributed by atoms with E-state index in [1.54, 1.807) is 36.4 Å². The van der Waals surface area contributed by atoms with E-state index in [0.29, 0.717) is 23.2 Å². The molecule has 1 aliphatic heterocycles. The number of aliphatic hydroxyl groups excluding tert-OH is 1. The summed E-state index contributed by atoms with van der Waals surface area (Å²) in [6.07, 6.45) is -11.6. The van der Waals surface area contributed by atoms with Crippen LogP contribution in [0.4, 0.5) is 37.7 Å². The van der Waals surface area contributed by atoms with Gasteiger partial charge in [0.15, 0.2) is 6.10 Å². The van der Waals surface area contributed by atoms with Gasteiger partial charge >= 0.3 is 43.7 Å². The fourth-order valence-electron chi connectivity index (χ4n) is 5.04. The van der Waals surface area contributed by atoms with Crippen LogP contribution in [-0.2, 0) is 11.8 Å². The van der Waals surface area contributed by atoms with Gasteiger partial charge in [-0.2, -0.15) is 19.6 Å². The summed E-state index contributed by atoms with van der Waals surface area (Å²) in [5.41, 5.74) is 2.20. The Bertz CT molecular complexity index is 1290. The second-order valence-electron chi connectivity index (χ2n) is 9.62. The van der Waals surface area contributed by atoms with Gasteiger partial charge in [-0.1, -0.05) is 42.5 Å². The summed E-state index contributed by atoms with van der Waals surface area (Å²) >= 11 is 0. The quantitative estimate of drug-likeness (QED) is 0.188. The van der Waals surface area contributed by atoms with Crippen molar-refractivity contribution in [2.24, 2.45) is 0 Å². The molecule has 3 atom stereocenters. The molecule has 0 aliphatic carbocycles. The second kappa shape index (κ2) is 12.7. The largest absolute Gasteiger partial charge is 2.00 e.